The topological polar surface area (TPSA) is 176 Å². The minimum atomic E-state index is -4.64. The van der Waals surface area contributed by atoms with Gasteiger partial charge in [-0.05, 0) is 47.7 Å². The summed E-state index contributed by atoms with van der Waals surface area (Å²) in [5, 5.41) is 14.3. The summed E-state index contributed by atoms with van der Waals surface area (Å²) >= 11 is 0.978. The summed E-state index contributed by atoms with van der Waals surface area (Å²) in [5.74, 6) is 1.72. The van der Waals surface area contributed by atoms with Gasteiger partial charge in [-0.25, -0.2) is 0 Å². The van der Waals surface area contributed by atoms with E-state index in [1.54, 1.807) is 69.1 Å². The molecule has 7 rings (SSSR count). The normalized spacial score (nSPS) is 19.6. The van der Waals surface area contributed by atoms with E-state index in [2.05, 4.69) is 21.2 Å². The summed E-state index contributed by atoms with van der Waals surface area (Å²) in [4.78, 5) is 68.9. The van der Waals surface area contributed by atoms with Crippen LogP contribution in [0.15, 0.2) is 36.5 Å². The van der Waals surface area contributed by atoms with Crippen LogP contribution >= 0.6 is 11.5 Å². The average Bonchev–Trinajstić information content (AvgIpc) is 3.90. The molecule has 2 fully saturated rings. The Hall–Kier alpha value is -5.60. The summed E-state index contributed by atoms with van der Waals surface area (Å²) in [7, 11) is 11.9. The fourth-order valence-electron chi connectivity index (χ4n) is 9.05. The Morgan fingerprint density at radius 1 is 1.12 bits per heavy atom. The van der Waals surface area contributed by atoms with Gasteiger partial charge in [-0.15, -0.1) is 0 Å². The molecule has 3 atom stereocenters. The molecule has 73 heavy (non-hydrogen) atoms. The number of hydroxylamine groups is 2. The molecule has 391 valence electrons. The van der Waals surface area contributed by atoms with Crippen LogP contribution in [0.3, 0.4) is 0 Å². The van der Waals surface area contributed by atoms with Crippen LogP contribution in [-0.4, -0.2) is 164 Å². The van der Waals surface area contributed by atoms with E-state index >= 15 is 0 Å². The third-order valence-electron chi connectivity index (χ3n) is 14.1. The number of amides is 3. The summed E-state index contributed by atoms with van der Waals surface area (Å²) < 4.78 is 69.0. The maximum atomic E-state index is 14.8. The number of methoxy groups -OCH3 is 1. The Kier molecular flexibility index (Phi) is 16.1. The molecule has 1 N–H and O–H groups in total. The number of fused-ring (bicyclic) bond motifs is 6. The molecule has 6 bridgehead atoms. The van der Waals surface area contributed by atoms with Crippen molar-refractivity contribution < 1.29 is 56.4 Å². The molecule has 3 aromatic heterocycles. The predicted octanol–water partition coefficient (Wildman–Crippen LogP) is 6.03. The quantitative estimate of drug-likeness (QED) is 0.0608. The summed E-state index contributed by atoms with van der Waals surface area (Å²) in [6.45, 7) is 13.5. The first-order chi connectivity index (χ1) is 34.1. The number of benzene rings is 1. The van der Waals surface area contributed by atoms with E-state index in [1.807, 2.05) is 46.7 Å². The Morgan fingerprint density at radius 2 is 1.84 bits per heavy atom. The number of hydrogen-bond acceptors (Lipinski definition) is 13. The Labute approximate surface area is 429 Å². The Bertz CT molecular complexity index is 2830. The number of rotatable bonds is 11. The maximum absolute atomic E-state index is 14.8. The Balaban J connectivity index is 1.26. The van der Waals surface area contributed by atoms with Crippen molar-refractivity contribution in [1.82, 2.24) is 38.8 Å². The summed E-state index contributed by atoms with van der Waals surface area (Å²) in [5.41, 5.74) is 0.0241. The van der Waals surface area contributed by atoms with Crippen molar-refractivity contribution >= 4 is 53.8 Å². The van der Waals surface area contributed by atoms with E-state index in [0.717, 1.165) is 21.1 Å². The van der Waals surface area contributed by atoms with E-state index in [0.29, 0.717) is 44.3 Å². The molecule has 1 unspecified atom stereocenters. The number of pyridine rings is 1. The van der Waals surface area contributed by atoms with Crippen molar-refractivity contribution in [2.75, 3.05) is 54.1 Å². The second-order valence-electron chi connectivity index (χ2n) is 21.5. The SMILES string of the molecule is [B]=[N+]1[C@H]2CCCN1C(=O)C(N(O)C(=O)[C@@H](COC1CN(C(=O)C#CC(C)(C)N(C)C)C1)C(C)C)Cc1nsc(n1)-c1ccc3c(c1)c(c(-c1cccnc1C(C)(C)OC)n3CC(F)(F)F)CC(C)(C)COC2=O. The molecule has 0 aliphatic carbocycles. The van der Waals surface area contributed by atoms with Crippen LogP contribution in [0.1, 0.15) is 85.3 Å². The average molecular weight is 1030 g/mol. The molecular weight excluding hydrogens is 966 g/mol. The van der Waals surface area contributed by atoms with Crippen molar-refractivity contribution in [2.24, 2.45) is 17.3 Å². The number of nitrogens with zero attached hydrogens (tertiary/aromatic N) is 9. The zero-order valence-corrected chi connectivity index (χ0v) is 44.2. The zero-order valence-electron chi connectivity index (χ0n) is 43.4. The van der Waals surface area contributed by atoms with Crippen molar-refractivity contribution in [1.29, 1.82) is 0 Å². The second-order valence-corrected chi connectivity index (χ2v) is 22.2. The van der Waals surface area contributed by atoms with Crippen LogP contribution in [-0.2, 0) is 58.4 Å². The molecule has 0 saturated carbocycles. The number of ether oxygens (including phenoxy) is 3. The Morgan fingerprint density at radius 3 is 2.49 bits per heavy atom. The number of carbonyl (C=O) groups excluding carboxylic acids is 4. The van der Waals surface area contributed by atoms with Gasteiger partial charge in [0.25, 0.3) is 5.91 Å². The number of carbonyl (C=O) groups is 4. The third-order valence-corrected chi connectivity index (χ3v) is 14.9. The molecule has 22 heteroatoms. The van der Waals surface area contributed by atoms with Gasteiger partial charge >= 0.3 is 325 Å². The number of cyclic esters (lactones) is 1. The van der Waals surface area contributed by atoms with E-state index in [9.17, 15) is 37.6 Å². The van der Waals surface area contributed by atoms with Gasteiger partial charge in [0.15, 0.2) is 0 Å². The van der Waals surface area contributed by atoms with Gasteiger partial charge in [-0.3, -0.25) is 9.69 Å². The predicted molar refractivity (Wildman–Crippen MR) is 266 cm³/mol. The van der Waals surface area contributed by atoms with E-state index in [4.69, 9.17) is 26.8 Å². The fraction of sp³-hybridized carbons (Fsp3) is 0.588. The van der Waals surface area contributed by atoms with Crippen LogP contribution in [0.5, 0.6) is 0 Å². The molecule has 0 spiro atoms. The van der Waals surface area contributed by atoms with Crippen molar-refractivity contribution in [3.05, 3.63) is 53.6 Å². The molecule has 1 aromatic carbocycles. The van der Waals surface area contributed by atoms with Crippen LogP contribution in [0.4, 0.5) is 13.2 Å². The molecule has 17 nitrogen and oxygen atoms in total. The fourth-order valence-corrected chi connectivity index (χ4v) is 9.73. The van der Waals surface area contributed by atoms with Crippen LogP contribution in [0.25, 0.3) is 32.7 Å². The molecule has 1 radical (unpaired) electrons. The number of hydrogen-bond donors (Lipinski definition) is 1. The van der Waals surface area contributed by atoms with E-state index in [1.165, 1.54) is 11.7 Å². The van der Waals surface area contributed by atoms with Gasteiger partial charge in [0.2, 0.25) is 0 Å². The molecule has 6 heterocycles. The minimum absolute atomic E-state index is 0.0419. The monoisotopic (exact) mass is 1030 g/mol. The number of alkyl halides is 3. The molecule has 3 amide bonds. The van der Waals surface area contributed by atoms with Gasteiger partial charge in [0.1, 0.15) is 0 Å². The van der Waals surface area contributed by atoms with Gasteiger partial charge < -0.3 is 4.74 Å². The third kappa shape index (κ3) is 12.0. The molecule has 3 aliphatic rings. The van der Waals surface area contributed by atoms with E-state index < -0.39 is 71.2 Å². The number of likely N-dealkylation sites (tertiary alicyclic amines) is 1. The molecule has 2 saturated heterocycles. The van der Waals surface area contributed by atoms with Crippen LogP contribution in [0, 0.1) is 29.1 Å². The van der Waals surface area contributed by atoms with Crippen molar-refractivity contribution in [2.45, 2.75) is 123 Å². The number of hydrazine groups is 1. The zero-order chi connectivity index (χ0) is 53.5. The first kappa shape index (κ1) is 55.2. The summed E-state index contributed by atoms with van der Waals surface area (Å²) in [6, 6.07) is 5.59. The second kappa shape index (κ2) is 21.3. The number of aromatic nitrogens is 4. The van der Waals surface area contributed by atoms with Crippen molar-refractivity contribution in [3.63, 3.8) is 0 Å². The number of esters is 1. The first-order valence-electron chi connectivity index (χ1n) is 24.3. The van der Waals surface area contributed by atoms with Crippen LogP contribution in [0.2, 0.25) is 0 Å². The molecular formula is C51H65BF3N9O8S+. The van der Waals surface area contributed by atoms with Gasteiger partial charge in [-0.2, -0.15) is 13.2 Å². The molecule has 3 aliphatic heterocycles. The first-order valence-corrected chi connectivity index (χ1v) is 25.1. The van der Waals surface area contributed by atoms with Gasteiger partial charge in [-0.1, -0.05) is 5.92 Å². The number of halogens is 3. The van der Waals surface area contributed by atoms with E-state index in [-0.39, 0.29) is 81.0 Å². The van der Waals surface area contributed by atoms with Gasteiger partial charge in [0, 0.05) is 13.3 Å². The standard InChI is InChI=1S/C51H65BF3N9O8S/c1-30(2)36(27-71-32-25-60(26-32)41(65)18-19-49(5,6)59(9)10)45(66)63(69)39-23-40-57-44(73-58-40)31-16-17-37-34(22-31)35(24-48(3,4)29-72-47(68)38-15-13-21-62(46(39)67)64(38)52)42(61(37)28-51(53,54)55)33-14-12-20-56-43(33)50(7,8)70-11/h12,14,16-17,20,22,30,32,36,38-39,69H,13,15,21,23-29H2,1-11H3/q+1/t36-,38-,39?/m0/s1. The van der Waals surface area contributed by atoms with Gasteiger partial charge in [0.05, 0.1) is 5.54 Å². The van der Waals surface area contributed by atoms with Crippen molar-refractivity contribution in [3.8, 4) is 33.7 Å². The van der Waals surface area contributed by atoms with Crippen LogP contribution < -0.4 is 0 Å². The summed E-state index contributed by atoms with van der Waals surface area (Å²) in [6.07, 6.45) is -3.21. The molecule has 4 aromatic rings.